The minimum Gasteiger partial charge on any atom is -0.454 e. The van der Waals surface area contributed by atoms with Crippen LogP contribution in [-0.4, -0.2) is 28.3 Å². The lowest BCUT2D eigenvalue weighted by molar-refractivity contribution is 0.174. The topological polar surface area (TPSA) is 69.2 Å². The maximum absolute atomic E-state index is 5.39. The molecule has 0 atom stereocenters. The number of rotatable bonds is 5. The van der Waals surface area contributed by atoms with E-state index < -0.39 is 0 Å². The van der Waals surface area contributed by atoms with Crippen molar-refractivity contribution in [3.8, 4) is 22.9 Å². The number of ether oxygens (including phenoxy) is 2. The third kappa shape index (κ3) is 3.12. The molecule has 1 aromatic carbocycles. The number of pyridine rings is 1. The smallest absolute Gasteiger partial charge is 0.231 e. The van der Waals surface area contributed by atoms with Crippen LogP contribution in [0.5, 0.6) is 11.5 Å². The Hall–Kier alpha value is -3.15. The van der Waals surface area contributed by atoms with E-state index in [-0.39, 0.29) is 0 Å². The Labute approximate surface area is 139 Å². The van der Waals surface area contributed by atoms with E-state index in [2.05, 4.69) is 20.3 Å². The number of nitrogens with one attached hydrogen (secondary N) is 1. The number of nitrogens with zero attached hydrogens (tertiary/aromatic N) is 3. The second-order valence-electron chi connectivity index (χ2n) is 5.34. The molecule has 6 nitrogen and oxygen atoms in total. The van der Waals surface area contributed by atoms with Gasteiger partial charge in [-0.1, -0.05) is 12.1 Å². The predicted molar refractivity (Wildman–Crippen MR) is 90.0 cm³/mol. The highest BCUT2D eigenvalue weighted by Gasteiger charge is 2.12. The normalized spacial score (nSPS) is 12.2. The molecule has 3 heterocycles. The van der Waals surface area contributed by atoms with Gasteiger partial charge in [-0.05, 0) is 42.3 Å². The number of anilines is 1. The summed E-state index contributed by atoms with van der Waals surface area (Å²) < 4.78 is 10.7. The Kier molecular flexibility index (Phi) is 3.93. The number of benzene rings is 1. The van der Waals surface area contributed by atoms with E-state index in [1.165, 1.54) is 5.56 Å². The molecule has 120 valence electrons. The zero-order valence-corrected chi connectivity index (χ0v) is 13.0. The van der Waals surface area contributed by atoms with Crippen LogP contribution in [0.15, 0.2) is 54.9 Å². The van der Waals surface area contributed by atoms with Gasteiger partial charge in [0.2, 0.25) is 12.7 Å². The highest BCUT2D eigenvalue weighted by atomic mass is 16.7. The summed E-state index contributed by atoms with van der Waals surface area (Å²) in [6, 6.07) is 13.6. The van der Waals surface area contributed by atoms with Gasteiger partial charge in [0.1, 0.15) is 0 Å². The lowest BCUT2D eigenvalue weighted by atomic mass is 10.1. The zero-order chi connectivity index (χ0) is 16.2. The van der Waals surface area contributed by atoms with E-state index in [0.717, 1.165) is 35.9 Å². The Bertz CT molecular complexity index is 839. The van der Waals surface area contributed by atoms with Crippen molar-refractivity contribution < 1.29 is 9.47 Å². The molecule has 0 saturated carbocycles. The first-order valence-electron chi connectivity index (χ1n) is 7.75. The molecule has 0 amide bonds. The van der Waals surface area contributed by atoms with Crippen LogP contribution >= 0.6 is 0 Å². The zero-order valence-electron chi connectivity index (χ0n) is 13.0. The van der Waals surface area contributed by atoms with Gasteiger partial charge in [-0.25, -0.2) is 9.97 Å². The predicted octanol–water partition coefficient (Wildman–Crippen LogP) is 2.92. The monoisotopic (exact) mass is 320 g/mol. The number of fused-ring (bicyclic) bond motifs is 1. The highest BCUT2D eigenvalue weighted by molar-refractivity contribution is 5.54. The molecule has 0 fully saturated rings. The molecule has 24 heavy (non-hydrogen) atoms. The van der Waals surface area contributed by atoms with Crippen LogP contribution in [0.3, 0.4) is 0 Å². The van der Waals surface area contributed by atoms with Gasteiger partial charge in [-0.3, -0.25) is 4.98 Å². The minimum absolute atomic E-state index is 0.297. The maximum atomic E-state index is 5.39. The third-order valence-corrected chi connectivity index (χ3v) is 3.72. The van der Waals surface area contributed by atoms with Gasteiger partial charge in [0, 0.05) is 18.9 Å². The summed E-state index contributed by atoms with van der Waals surface area (Å²) in [5.74, 6) is 2.21. The van der Waals surface area contributed by atoms with Crippen molar-refractivity contribution in [1.82, 2.24) is 15.0 Å². The molecule has 2 aromatic heterocycles. The lowest BCUT2D eigenvalue weighted by Gasteiger charge is -2.07. The summed E-state index contributed by atoms with van der Waals surface area (Å²) in [5, 5.41) is 3.25. The van der Waals surface area contributed by atoms with Crippen molar-refractivity contribution in [2.75, 3.05) is 18.7 Å². The fraction of sp³-hybridized carbons (Fsp3) is 0.167. The van der Waals surface area contributed by atoms with E-state index >= 15 is 0 Å². The van der Waals surface area contributed by atoms with Crippen LogP contribution in [0.2, 0.25) is 0 Å². The average molecular weight is 320 g/mol. The van der Waals surface area contributed by atoms with E-state index in [1.807, 2.05) is 42.5 Å². The van der Waals surface area contributed by atoms with Gasteiger partial charge in [0.15, 0.2) is 11.5 Å². The Morgan fingerprint density at radius 2 is 1.88 bits per heavy atom. The molecule has 0 saturated heterocycles. The van der Waals surface area contributed by atoms with Gasteiger partial charge in [0.25, 0.3) is 0 Å². The van der Waals surface area contributed by atoms with E-state index in [1.54, 1.807) is 12.4 Å². The van der Waals surface area contributed by atoms with Crippen LogP contribution in [0.4, 0.5) is 5.95 Å². The van der Waals surface area contributed by atoms with E-state index in [4.69, 9.17) is 9.47 Å². The van der Waals surface area contributed by atoms with Gasteiger partial charge in [-0.2, -0.15) is 0 Å². The second-order valence-corrected chi connectivity index (χ2v) is 5.34. The summed E-state index contributed by atoms with van der Waals surface area (Å²) >= 11 is 0. The van der Waals surface area contributed by atoms with E-state index in [9.17, 15) is 0 Å². The summed E-state index contributed by atoms with van der Waals surface area (Å²) in [7, 11) is 0. The summed E-state index contributed by atoms with van der Waals surface area (Å²) in [5.41, 5.74) is 2.81. The largest absolute Gasteiger partial charge is 0.454 e. The first-order valence-corrected chi connectivity index (χ1v) is 7.75. The van der Waals surface area contributed by atoms with Crippen LogP contribution in [0.25, 0.3) is 11.4 Å². The molecule has 0 unspecified atom stereocenters. The van der Waals surface area contributed by atoms with Crippen molar-refractivity contribution in [3.63, 3.8) is 0 Å². The highest BCUT2D eigenvalue weighted by Crippen LogP contribution is 2.32. The molecule has 3 aromatic rings. The quantitative estimate of drug-likeness (QED) is 0.779. The van der Waals surface area contributed by atoms with Crippen LogP contribution < -0.4 is 14.8 Å². The van der Waals surface area contributed by atoms with Crippen molar-refractivity contribution in [3.05, 3.63) is 60.4 Å². The molecule has 0 aliphatic carbocycles. The minimum atomic E-state index is 0.297. The Morgan fingerprint density at radius 1 is 0.917 bits per heavy atom. The molecule has 1 aliphatic heterocycles. The van der Waals surface area contributed by atoms with Crippen molar-refractivity contribution in [2.24, 2.45) is 0 Å². The molecular formula is C18H16N4O2. The molecule has 0 bridgehead atoms. The van der Waals surface area contributed by atoms with Gasteiger partial charge < -0.3 is 14.8 Å². The SMILES string of the molecule is c1ccc(-c2ccnc(NCCc3ccc4c(c3)OCO4)n2)nc1. The molecule has 0 radical (unpaired) electrons. The van der Waals surface area contributed by atoms with Gasteiger partial charge in [0.05, 0.1) is 11.4 Å². The summed E-state index contributed by atoms with van der Waals surface area (Å²) in [4.78, 5) is 13.1. The number of hydrogen-bond acceptors (Lipinski definition) is 6. The molecule has 6 heteroatoms. The van der Waals surface area contributed by atoms with Crippen LogP contribution in [-0.2, 0) is 6.42 Å². The van der Waals surface area contributed by atoms with E-state index in [0.29, 0.717) is 12.7 Å². The third-order valence-electron chi connectivity index (χ3n) is 3.72. The lowest BCUT2D eigenvalue weighted by Crippen LogP contribution is -2.08. The second kappa shape index (κ2) is 6.54. The van der Waals surface area contributed by atoms with Gasteiger partial charge in [-0.15, -0.1) is 0 Å². The van der Waals surface area contributed by atoms with Crippen molar-refractivity contribution >= 4 is 5.95 Å². The van der Waals surface area contributed by atoms with Gasteiger partial charge >= 0.3 is 0 Å². The molecule has 1 aliphatic rings. The fourth-order valence-corrected chi connectivity index (χ4v) is 2.52. The molecule has 1 N–H and O–H groups in total. The molecular weight excluding hydrogens is 304 g/mol. The van der Waals surface area contributed by atoms with Crippen molar-refractivity contribution in [2.45, 2.75) is 6.42 Å². The number of hydrogen-bond donors (Lipinski definition) is 1. The number of aromatic nitrogens is 3. The first kappa shape index (κ1) is 14.4. The summed E-state index contributed by atoms with van der Waals surface area (Å²) in [6.45, 7) is 1.02. The maximum Gasteiger partial charge on any atom is 0.231 e. The van der Waals surface area contributed by atoms with Crippen molar-refractivity contribution in [1.29, 1.82) is 0 Å². The molecule has 4 rings (SSSR count). The average Bonchev–Trinajstić information content (AvgIpc) is 3.11. The molecule has 0 spiro atoms. The fourth-order valence-electron chi connectivity index (χ4n) is 2.52. The van der Waals surface area contributed by atoms with Crippen LogP contribution in [0.1, 0.15) is 5.56 Å². The first-order chi connectivity index (χ1) is 11.9. The Morgan fingerprint density at radius 3 is 2.79 bits per heavy atom. The summed E-state index contributed by atoms with van der Waals surface area (Å²) in [6.07, 6.45) is 4.33. The van der Waals surface area contributed by atoms with Crippen LogP contribution in [0, 0.1) is 0 Å². The standard InChI is InChI=1S/C18H16N4O2/c1-2-8-19-14(3-1)15-7-10-21-18(22-15)20-9-6-13-4-5-16-17(11-13)24-12-23-16/h1-5,7-8,10-11H,6,9,12H2,(H,20,21,22). The Balaban J connectivity index is 1.39.